The highest BCUT2D eigenvalue weighted by Crippen LogP contribution is 2.19. The Balaban J connectivity index is 2.04. The van der Waals surface area contributed by atoms with Crippen molar-refractivity contribution in [3.8, 4) is 5.75 Å². The lowest BCUT2D eigenvalue weighted by Gasteiger charge is -2.10. The zero-order chi connectivity index (χ0) is 14.5. The van der Waals surface area contributed by atoms with E-state index in [2.05, 4.69) is 10.1 Å². The van der Waals surface area contributed by atoms with Gasteiger partial charge in [0.1, 0.15) is 11.6 Å². The number of ether oxygens (including phenoxy) is 1. The van der Waals surface area contributed by atoms with E-state index in [-0.39, 0.29) is 5.84 Å². The van der Waals surface area contributed by atoms with Crippen molar-refractivity contribution in [3.63, 3.8) is 0 Å². The molecule has 20 heavy (non-hydrogen) atoms. The SMILES string of the molecule is Cc1ccc(/C(N)=N/O)cc1OCCc1nccn1C. The Kier molecular flexibility index (Phi) is 4.24. The summed E-state index contributed by atoms with van der Waals surface area (Å²) in [5.41, 5.74) is 7.20. The van der Waals surface area contributed by atoms with Crippen molar-refractivity contribution in [3.05, 3.63) is 47.5 Å². The second kappa shape index (κ2) is 6.10. The topological polar surface area (TPSA) is 85.7 Å². The highest BCUT2D eigenvalue weighted by atomic mass is 16.5. The van der Waals surface area contributed by atoms with Crippen molar-refractivity contribution in [2.75, 3.05) is 6.61 Å². The predicted molar refractivity (Wildman–Crippen MR) is 76.1 cm³/mol. The van der Waals surface area contributed by atoms with Crippen LogP contribution in [0.3, 0.4) is 0 Å². The van der Waals surface area contributed by atoms with Crippen LogP contribution in [0.5, 0.6) is 5.75 Å². The van der Waals surface area contributed by atoms with Gasteiger partial charge in [0.05, 0.1) is 6.61 Å². The van der Waals surface area contributed by atoms with Crippen LogP contribution in [-0.2, 0) is 13.5 Å². The maximum atomic E-state index is 8.69. The number of rotatable bonds is 5. The first-order valence-electron chi connectivity index (χ1n) is 6.29. The van der Waals surface area contributed by atoms with E-state index in [1.165, 1.54) is 0 Å². The molecule has 1 heterocycles. The first-order chi connectivity index (χ1) is 9.61. The van der Waals surface area contributed by atoms with Gasteiger partial charge in [0.25, 0.3) is 0 Å². The average Bonchev–Trinajstić information content (AvgIpc) is 2.85. The minimum Gasteiger partial charge on any atom is -0.493 e. The molecule has 2 aromatic rings. The first kappa shape index (κ1) is 13.9. The fraction of sp³-hybridized carbons (Fsp3) is 0.286. The van der Waals surface area contributed by atoms with Gasteiger partial charge in [0, 0.05) is 31.4 Å². The molecule has 0 bridgehead atoms. The summed E-state index contributed by atoms with van der Waals surface area (Å²) in [7, 11) is 1.95. The van der Waals surface area contributed by atoms with E-state index in [1.807, 2.05) is 30.8 Å². The Morgan fingerprint density at radius 2 is 2.30 bits per heavy atom. The molecule has 0 aliphatic heterocycles. The van der Waals surface area contributed by atoms with Gasteiger partial charge in [-0.25, -0.2) is 4.98 Å². The van der Waals surface area contributed by atoms with Gasteiger partial charge in [-0.05, 0) is 18.6 Å². The highest BCUT2D eigenvalue weighted by Gasteiger charge is 2.06. The number of oxime groups is 1. The molecule has 0 unspecified atom stereocenters. The van der Waals surface area contributed by atoms with Crippen LogP contribution in [0.2, 0.25) is 0 Å². The summed E-state index contributed by atoms with van der Waals surface area (Å²) in [5, 5.41) is 11.7. The minimum absolute atomic E-state index is 0.0685. The van der Waals surface area contributed by atoms with Crippen LogP contribution in [-0.4, -0.2) is 27.2 Å². The van der Waals surface area contributed by atoms with E-state index in [1.54, 1.807) is 18.3 Å². The summed E-state index contributed by atoms with van der Waals surface area (Å²) in [6.45, 7) is 2.47. The molecule has 0 saturated heterocycles. The zero-order valence-electron chi connectivity index (χ0n) is 11.6. The van der Waals surface area contributed by atoms with E-state index in [9.17, 15) is 0 Å². The molecule has 2 rings (SSSR count). The molecule has 6 nitrogen and oxygen atoms in total. The van der Waals surface area contributed by atoms with Gasteiger partial charge in [0.15, 0.2) is 5.84 Å². The fourth-order valence-electron chi connectivity index (χ4n) is 1.86. The maximum Gasteiger partial charge on any atom is 0.170 e. The van der Waals surface area contributed by atoms with Crippen molar-refractivity contribution >= 4 is 5.84 Å². The van der Waals surface area contributed by atoms with E-state index < -0.39 is 0 Å². The third-order valence-corrected chi connectivity index (χ3v) is 3.10. The second-order valence-corrected chi connectivity index (χ2v) is 4.52. The van der Waals surface area contributed by atoms with Gasteiger partial charge in [-0.2, -0.15) is 0 Å². The molecule has 0 atom stereocenters. The number of aromatic nitrogens is 2. The lowest BCUT2D eigenvalue weighted by molar-refractivity contribution is 0.314. The van der Waals surface area contributed by atoms with Crippen molar-refractivity contribution < 1.29 is 9.94 Å². The smallest absolute Gasteiger partial charge is 0.170 e. The molecular weight excluding hydrogens is 256 g/mol. The summed E-state index contributed by atoms with van der Waals surface area (Å²) < 4.78 is 7.72. The minimum atomic E-state index is 0.0685. The average molecular weight is 274 g/mol. The lowest BCUT2D eigenvalue weighted by atomic mass is 10.1. The number of hydrogen-bond donors (Lipinski definition) is 2. The van der Waals surface area contributed by atoms with Crippen molar-refractivity contribution in [1.82, 2.24) is 9.55 Å². The molecule has 0 amide bonds. The zero-order valence-corrected chi connectivity index (χ0v) is 11.6. The third-order valence-electron chi connectivity index (χ3n) is 3.10. The molecule has 106 valence electrons. The monoisotopic (exact) mass is 274 g/mol. The van der Waals surface area contributed by atoms with Gasteiger partial charge >= 0.3 is 0 Å². The Bertz CT molecular complexity index is 619. The Morgan fingerprint density at radius 3 is 2.95 bits per heavy atom. The summed E-state index contributed by atoms with van der Waals surface area (Å²) >= 11 is 0. The van der Waals surface area contributed by atoms with E-state index in [0.29, 0.717) is 12.2 Å². The standard InChI is InChI=1S/C14H18N4O2/c1-10-3-4-11(14(15)17-19)9-12(10)20-8-5-13-16-6-7-18(13)2/h3-4,6-7,9,19H,5,8H2,1-2H3,(H2,15,17). The number of amidine groups is 1. The van der Waals surface area contributed by atoms with Gasteiger partial charge in [-0.3, -0.25) is 0 Å². The summed E-state index contributed by atoms with van der Waals surface area (Å²) in [4.78, 5) is 4.24. The second-order valence-electron chi connectivity index (χ2n) is 4.52. The predicted octanol–water partition coefficient (Wildman–Crippen LogP) is 1.44. The summed E-state index contributed by atoms with van der Waals surface area (Å²) in [6.07, 6.45) is 4.38. The van der Waals surface area contributed by atoms with Gasteiger partial charge in [-0.15, -0.1) is 0 Å². The summed E-state index contributed by atoms with van der Waals surface area (Å²) in [5.74, 6) is 1.76. The molecule has 6 heteroatoms. The molecule has 0 aliphatic carbocycles. The van der Waals surface area contributed by atoms with Crippen molar-refractivity contribution in [1.29, 1.82) is 0 Å². The van der Waals surface area contributed by atoms with Crippen LogP contribution in [0.25, 0.3) is 0 Å². The number of benzene rings is 1. The normalized spacial score (nSPS) is 11.6. The molecule has 1 aromatic carbocycles. The number of hydrogen-bond acceptors (Lipinski definition) is 4. The van der Waals surface area contributed by atoms with Crippen LogP contribution >= 0.6 is 0 Å². The lowest BCUT2D eigenvalue weighted by Crippen LogP contribution is -2.13. The quantitative estimate of drug-likeness (QED) is 0.374. The fourth-order valence-corrected chi connectivity index (χ4v) is 1.86. The molecule has 3 N–H and O–H groups in total. The highest BCUT2D eigenvalue weighted by molar-refractivity contribution is 5.97. The molecule has 0 aliphatic rings. The molecular formula is C14H18N4O2. The van der Waals surface area contributed by atoms with Crippen LogP contribution in [0.15, 0.2) is 35.7 Å². The first-order valence-corrected chi connectivity index (χ1v) is 6.29. The largest absolute Gasteiger partial charge is 0.493 e. The van der Waals surface area contributed by atoms with Gasteiger partial charge < -0.3 is 20.2 Å². The number of nitrogens with zero attached hydrogens (tertiary/aromatic N) is 3. The number of nitrogens with two attached hydrogens (primary N) is 1. The number of imidazole rings is 1. The van der Waals surface area contributed by atoms with Gasteiger partial charge in [0.2, 0.25) is 0 Å². The van der Waals surface area contributed by atoms with E-state index in [0.717, 1.165) is 23.6 Å². The molecule has 0 saturated carbocycles. The summed E-state index contributed by atoms with van der Waals surface area (Å²) in [6, 6.07) is 5.43. The molecule has 0 fully saturated rings. The van der Waals surface area contributed by atoms with Crippen LogP contribution in [0, 0.1) is 6.92 Å². The molecule has 1 aromatic heterocycles. The van der Waals surface area contributed by atoms with E-state index >= 15 is 0 Å². The molecule has 0 radical (unpaired) electrons. The van der Waals surface area contributed by atoms with Crippen molar-refractivity contribution in [2.45, 2.75) is 13.3 Å². The maximum absolute atomic E-state index is 8.69. The Hall–Kier alpha value is -2.50. The molecule has 0 spiro atoms. The third kappa shape index (κ3) is 3.09. The van der Waals surface area contributed by atoms with Gasteiger partial charge in [-0.1, -0.05) is 17.3 Å². The van der Waals surface area contributed by atoms with E-state index in [4.69, 9.17) is 15.7 Å². The Labute approximate surface area is 117 Å². The number of aryl methyl sites for hydroxylation is 2. The van der Waals surface area contributed by atoms with Crippen LogP contribution in [0.4, 0.5) is 0 Å². The van der Waals surface area contributed by atoms with Crippen LogP contribution < -0.4 is 10.5 Å². The van der Waals surface area contributed by atoms with Crippen molar-refractivity contribution in [2.24, 2.45) is 17.9 Å². The Morgan fingerprint density at radius 1 is 1.50 bits per heavy atom. The van der Waals surface area contributed by atoms with Crippen LogP contribution in [0.1, 0.15) is 17.0 Å².